The first kappa shape index (κ1) is 24.5. The van der Waals surface area contributed by atoms with Crippen LogP contribution in [0, 0.1) is 0 Å². The summed E-state index contributed by atoms with van der Waals surface area (Å²) in [5.74, 6) is -1.40. The van der Waals surface area contributed by atoms with Crippen molar-refractivity contribution in [2.24, 2.45) is 0 Å². The molecule has 0 aliphatic heterocycles. The van der Waals surface area contributed by atoms with Crippen molar-refractivity contribution < 1.29 is 22.7 Å². The van der Waals surface area contributed by atoms with Gasteiger partial charge in [0.1, 0.15) is 4.88 Å². The third kappa shape index (κ3) is 5.07. The Morgan fingerprint density at radius 2 is 1.78 bits per heavy atom. The smallest absolute Gasteiger partial charge is 0.350 e. The van der Waals surface area contributed by atoms with Gasteiger partial charge in [-0.15, -0.1) is 11.3 Å². The Morgan fingerprint density at radius 3 is 2.44 bits per heavy atom. The number of carbonyl (C=O) groups excluding carboxylic acids is 2. The maximum Gasteiger partial charge on any atom is 0.350 e. The molecule has 3 aromatic rings. The van der Waals surface area contributed by atoms with Gasteiger partial charge in [0.2, 0.25) is 10.0 Å². The summed E-state index contributed by atoms with van der Waals surface area (Å²) in [6.45, 7) is 3.49. The van der Waals surface area contributed by atoms with Gasteiger partial charge in [0.05, 0.1) is 20.6 Å². The number of rotatable bonds is 8. The standard InChI is InChI=1S/C21H20Cl2N2O5S2/c1-3-25(4-2)32(28,29)13-9-10-15(22)16(11-13)24-18(26)12-30-21(27)20-19(23)14-7-5-6-8-17(14)31-20/h5-11H,3-4,12H2,1-2H3,(H,24,26). The number of sulfonamides is 1. The Labute approximate surface area is 199 Å². The summed E-state index contributed by atoms with van der Waals surface area (Å²) in [6, 6.07) is 11.3. The molecule has 0 saturated heterocycles. The number of anilines is 1. The van der Waals surface area contributed by atoms with Gasteiger partial charge >= 0.3 is 5.97 Å². The van der Waals surface area contributed by atoms with Crippen molar-refractivity contribution >= 4 is 72.2 Å². The van der Waals surface area contributed by atoms with Gasteiger partial charge < -0.3 is 10.1 Å². The number of hydrogen-bond donors (Lipinski definition) is 1. The number of hydrogen-bond acceptors (Lipinski definition) is 6. The highest BCUT2D eigenvalue weighted by atomic mass is 35.5. The van der Waals surface area contributed by atoms with Crippen LogP contribution in [0.4, 0.5) is 5.69 Å². The highest BCUT2D eigenvalue weighted by Crippen LogP contribution is 2.35. The SMILES string of the molecule is CCN(CC)S(=O)(=O)c1ccc(Cl)c(NC(=O)COC(=O)c2sc3ccccc3c2Cl)c1. The van der Waals surface area contributed by atoms with E-state index in [0.717, 1.165) is 10.1 Å². The second kappa shape index (κ2) is 10.2. The molecule has 1 heterocycles. The molecule has 2 aromatic carbocycles. The number of nitrogens with one attached hydrogen (secondary N) is 1. The van der Waals surface area contributed by atoms with E-state index in [4.69, 9.17) is 27.9 Å². The van der Waals surface area contributed by atoms with E-state index in [1.807, 2.05) is 18.2 Å². The van der Waals surface area contributed by atoms with Crippen LogP contribution in [0.5, 0.6) is 0 Å². The van der Waals surface area contributed by atoms with Crippen molar-refractivity contribution in [2.45, 2.75) is 18.7 Å². The molecule has 0 aliphatic carbocycles. The van der Waals surface area contributed by atoms with Gasteiger partial charge in [0, 0.05) is 23.2 Å². The highest BCUT2D eigenvalue weighted by molar-refractivity contribution is 7.89. The molecule has 170 valence electrons. The zero-order chi connectivity index (χ0) is 23.5. The largest absolute Gasteiger partial charge is 0.451 e. The fraction of sp³-hybridized carbons (Fsp3) is 0.238. The molecule has 1 amide bonds. The maximum atomic E-state index is 12.7. The van der Waals surface area contributed by atoms with Crippen molar-refractivity contribution in [3.05, 3.63) is 57.4 Å². The van der Waals surface area contributed by atoms with Gasteiger partial charge in [-0.05, 0) is 24.3 Å². The Bertz CT molecular complexity index is 1270. The molecule has 0 saturated carbocycles. The monoisotopic (exact) mass is 514 g/mol. The number of esters is 1. The summed E-state index contributed by atoms with van der Waals surface area (Å²) < 4.78 is 32.6. The van der Waals surface area contributed by atoms with E-state index in [9.17, 15) is 18.0 Å². The van der Waals surface area contributed by atoms with Crippen LogP contribution in [0.15, 0.2) is 47.4 Å². The van der Waals surface area contributed by atoms with Gasteiger partial charge in [-0.3, -0.25) is 4.79 Å². The number of thiophene rings is 1. The predicted octanol–water partition coefficient (Wildman–Crippen LogP) is 5.03. The van der Waals surface area contributed by atoms with Gasteiger partial charge in [-0.25, -0.2) is 13.2 Å². The number of nitrogens with zero attached hydrogens (tertiary/aromatic N) is 1. The lowest BCUT2D eigenvalue weighted by atomic mass is 10.2. The lowest BCUT2D eigenvalue weighted by Gasteiger charge is -2.19. The van der Waals surface area contributed by atoms with Crippen LogP contribution in [0.25, 0.3) is 10.1 Å². The summed E-state index contributed by atoms with van der Waals surface area (Å²) in [5.41, 5.74) is 0.0980. The Morgan fingerprint density at radius 1 is 1.09 bits per heavy atom. The molecule has 32 heavy (non-hydrogen) atoms. The Balaban J connectivity index is 1.71. The topological polar surface area (TPSA) is 92.8 Å². The third-order valence-corrected chi connectivity index (χ3v) is 8.64. The van der Waals surface area contributed by atoms with E-state index in [2.05, 4.69) is 5.32 Å². The summed E-state index contributed by atoms with van der Waals surface area (Å²) >= 11 is 13.5. The van der Waals surface area contributed by atoms with E-state index < -0.39 is 28.5 Å². The molecule has 0 aliphatic rings. The average Bonchev–Trinajstić information content (AvgIpc) is 3.11. The van der Waals surface area contributed by atoms with E-state index in [-0.39, 0.29) is 25.5 Å². The molecular weight excluding hydrogens is 495 g/mol. The molecule has 3 rings (SSSR count). The summed E-state index contributed by atoms with van der Waals surface area (Å²) in [7, 11) is -3.73. The number of fused-ring (bicyclic) bond motifs is 1. The lowest BCUT2D eigenvalue weighted by molar-refractivity contribution is -0.119. The second-order valence-electron chi connectivity index (χ2n) is 6.60. The fourth-order valence-electron chi connectivity index (χ4n) is 3.00. The van der Waals surface area contributed by atoms with E-state index in [1.54, 1.807) is 19.9 Å². The van der Waals surface area contributed by atoms with Crippen molar-refractivity contribution in [1.82, 2.24) is 4.31 Å². The second-order valence-corrected chi connectivity index (χ2v) is 10.4. The summed E-state index contributed by atoms with van der Waals surface area (Å²) in [6.07, 6.45) is 0. The molecule has 0 spiro atoms. The minimum absolute atomic E-state index is 0.00467. The number of ether oxygens (including phenoxy) is 1. The van der Waals surface area contributed by atoms with Crippen molar-refractivity contribution in [3.63, 3.8) is 0 Å². The van der Waals surface area contributed by atoms with Crippen molar-refractivity contribution in [3.8, 4) is 0 Å². The first-order chi connectivity index (χ1) is 15.2. The van der Waals surface area contributed by atoms with Gasteiger partial charge in [-0.1, -0.05) is 55.2 Å². The van der Waals surface area contributed by atoms with E-state index in [1.165, 1.54) is 33.8 Å². The predicted molar refractivity (Wildman–Crippen MR) is 127 cm³/mol. The molecule has 0 radical (unpaired) electrons. The average molecular weight is 515 g/mol. The van der Waals surface area contributed by atoms with Gasteiger partial charge in [-0.2, -0.15) is 4.31 Å². The molecular formula is C21H20Cl2N2O5S2. The number of benzene rings is 2. The van der Waals surface area contributed by atoms with Crippen molar-refractivity contribution in [1.29, 1.82) is 0 Å². The highest BCUT2D eigenvalue weighted by Gasteiger charge is 2.23. The quantitative estimate of drug-likeness (QED) is 0.425. The van der Waals surface area contributed by atoms with Gasteiger partial charge in [0.15, 0.2) is 6.61 Å². The van der Waals surface area contributed by atoms with Crippen LogP contribution >= 0.6 is 34.5 Å². The van der Waals surface area contributed by atoms with Crippen LogP contribution in [-0.2, 0) is 19.6 Å². The van der Waals surface area contributed by atoms with E-state index >= 15 is 0 Å². The van der Waals surface area contributed by atoms with Crippen LogP contribution < -0.4 is 5.32 Å². The summed E-state index contributed by atoms with van der Waals surface area (Å²) in [5, 5.41) is 3.64. The lowest BCUT2D eigenvalue weighted by Crippen LogP contribution is -2.30. The Kier molecular flexibility index (Phi) is 7.79. The normalized spacial score (nSPS) is 11.7. The zero-order valence-electron chi connectivity index (χ0n) is 17.2. The minimum atomic E-state index is -3.73. The number of amides is 1. The van der Waals surface area contributed by atoms with Crippen LogP contribution in [0.2, 0.25) is 10.0 Å². The molecule has 0 unspecified atom stereocenters. The van der Waals surface area contributed by atoms with Crippen LogP contribution in [0.3, 0.4) is 0 Å². The van der Waals surface area contributed by atoms with E-state index in [0.29, 0.717) is 13.1 Å². The molecule has 1 N–H and O–H groups in total. The van der Waals surface area contributed by atoms with Gasteiger partial charge in [0.25, 0.3) is 5.91 Å². The Hall–Kier alpha value is -2.17. The maximum absolute atomic E-state index is 12.7. The first-order valence-electron chi connectivity index (χ1n) is 9.62. The molecule has 1 aromatic heterocycles. The minimum Gasteiger partial charge on any atom is -0.451 e. The van der Waals surface area contributed by atoms with Crippen LogP contribution in [-0.4, -0.2) is 44.3 Å². The molecule has 11 heteroatoms. The molecule has 0 bridgehead atoms. The van der Waals surface area contributed by atoms with Crippen LogP contribution in [0.1, 0.15) is 23.5 Å². The third-order valence-electron chi connectivity index (χ3n) is 4.61. The van der Waals surface area contributed by atoms with Crippen molar-refractivity contribution in [2.75, 3.05) is 25.0 Å². The molecule has 7 nitrogen and oxygen atoms in total. The molecule has 0 fully saturated rings. The zero-order valence-corrected chi connectivity index (χ0v) is 20.4. The fourth-order valence-corrected chi connectivity index (χ4v) is 6.05. The number of carbonyl (C=O) groups is 2. The first-order valence-corrected chi connectivity index (χ1v) is 12.6. The molecule has 0 atom stereocenters. The number of halogens is 2. The summed E-state index contributed by atoms with van der Waals surface area (Å²) in [4.78, 5) is 24.9.